The summed E-state index contributed by atoms with van der Waals surface area (Å²) in [5.41, 5.74) is 2.31. The molecule has 9 atom stereocenters. The van der Waals surface area contributed by atoms with E-state index in [2.05, 4.69) is 40.7 Å². The van der Waals surface area contributed by atoms with Gasteiger partial charge in [-0.25, -0.2) is 0 Å². The summed E-state index contributed by atoms with van der Waals surface area (Å²) in [4.78, 5) is 11.6. The first-order chi connectivity index (χ1) is 16.0. The van der Waals surface area contributed by atoms with Crippen molar-refractivity contribution in [1.82, 2.24) is 0 Å². The summed E-state index contributed by atoms with van der Waals surface area (Å²) in [6.45, 7) is 12.2. The smallest absolute Gasteiger partial charge is 0.303 e. The number of aliphatic carboxylic acids is 1. The highest BCUT2D eigenvalue weighted by atomic mass is 16.4. The number of furan rings is 1. The lowest BCUT2D eigenvalue weighted by Gasteiger charge is -2.61. The van der Waals surface area contributed by atoms with E-state index < -0.39 is 5.97 Å². The fourth-order valence-electron chi connectivity index (χ4n) is 10.6. The predicted molar refractivity (Wildman–Crippen MR) is 133 cm³/mol. The van der Waals surface area contributed by atoms with Crippen molar-refractivity contribution in [3.05, 3.63) is 23.7 Å². The molecule has 0 aliphatic heterocycles. The summed E-state index contributed by atoms with van der Waals surface area (Å²) in [5.74, 6) is 3.21. The zero-order chi connectivity index (χ0) is 24.5. The predicted octanol–water partition coefficient (Wildman–Crippen LogP) is 6.88. The van der Waals surface area contributed by atoms with Gasteiger partial charge in [0.2, 0.25) is 0 Å². The molecule has 0 saturated heterocycles. The van der Waals surface area contributed by atoms with E-state index in [4.69, 9.17) is 4.42 Å². The molecule has 190 valence electrons. The van der Waals surface area contributed by atoms with Crippen molar-refractivity contribution in [3.63, 3.8) is 0 Å². The Morgan fingerprint density at radius 2 is 1.85 bits per heavy atom. The molecule has 2 N–H and O–H groups in total. The number of aliphatic hydroxyl groups excluding tert-OH is 1. The lowest BCUT2D eigenvalue weighted by molar-refractivity contribution is -0.141. The molecule has 1 heterocycles. The minimum atomic E-state index is -0.663. The normalized spacial score (nSPS) is 44.6. The van der Waals surface area contributed by atoms with Crippen molar-refractivity contribution in [2.24, 2.45) is 51.2 Å². The Labute approximate surface area is 205 Å². The first kappa shape index (κ1) is 24.4. The molecule has 0 aromatic carbocycles. The van der Waals surface area contributed by atoms with Crippen LogP contribution >= 0.6 is 0 Å². The molecule has 0 unspecified atom stereocenters. The molecule has 0 radical (unpaired) electrons. The Bertz CT molecular complexity index is 936. The highest BCUT2D eigenvalue weighted by Gasteiger charge is 2.80. The number of carboxylic acid groups (broad SMARTS) is 1. The maximum Gasteiger partial charge on any atom is 0.303 e. The van der Waals surface area contributed by atoms with Crippen molar-refractivity contribution in [1.29, 1.82) is 0 Å². The molecule has 1 spiro atoms. The standard InChI is InChI=1S/C30H46O4/c1-19-14-22(34-17-19)15-20(2)23-8-10-28(5)25-7-6-24(21(3)16-31)29(11-9-26(32)33)18-30(25,29)13-12-27(23,28)4/h14,17,20-21,23-25,31H,6-13,15-16,18H2,1-5H3,(H,32,33)/t20-,21-,23-,24+,25+,27-,28+,29-,30+/m1/s1. The third-order valence-electron chi connectivity index (χ3n) is 12.4. The molecule has 34 heavy (non-hydrogen) atoms. The summed E-state index contributed by atoms with van der Waals surface area (Å²) in [6.07, 6.45) is 12.7. The van der Waals surface area contributed by atoms with Gasteiger partial charge in [-0.15, -0.1) is 0 Å². The lowest BCUT2D eigenvalue weighted by Crippen LogP contribution is -2.54. The fraction of sp³-hybridized carbons (Fsp3) is 0.833. The average molecular weight is 471 g/mol. The van der Waals surface area contributed by atoms with Crippen LogP contribution in [0.1, 0.15) is 96.8 Å². The van der Waals surface area contributed by atoms with Gasteiger partial charge in [0.05, 0.1) is 6.26 Å². The molecule has 4 aliphatic carbocycles. The second-order valence-corrected chi connectivity index (χ2v) is 13.5. The summed E-state index contributed by atoms with van der Waals surface area (Å²) < 4.78 is 5.83. The summed E-state index contributed by atoms with van der Waals surface area (Å²) >= 11 is 0. The van der Waals surface area contributed by atoms with E-state index in [9.17, 15) is 15.0 Å². The molecule has 4 saturated carbocycles. The van der Waals surface area contributed by atoms with Crippen molar-refractivity contribution in [3.8, 4) is 0 Å². The number of aryl methyl sites for hydroxylation is 1. The summed E-state index contributed by atoms with van der Waals surface area (Å²) in [7, 11) is 0. The molecule has 5 rings (SSSR count). The Hall–Kier alpha value is -1.29. The summed E-state index contributed by atoms with van der Waals surface area (Å²) in [6, 6.07) is 2.20. The number of aliphatic hydroxyl groups is 1. The third kappa shape index (κ3) is 3.22. The van der Waals surface area contributed by atoms with E-state index in [1.54, 1.807) is 0 Å². The number of hydrogen-bond acceptors (Lipinski definition) is 3. The molecular weight excluding hydrogens is 424 g/mol. The van der Waals surface area contributed by atoms with Gasteiger partial charge in [0.1, 0.15) is 5.76 Å². The molecule has 4 aliphatic rings. The van der Waals surface area contributed by atoms with Gasteiger partial charge in [0.25, 0.3) is 0 Å². The van der Waals surface area contributed by atoms with E-state index in [0.717, 1.165) is 25.0 Å². The van der Waals surface area contributed by atoms with Crippen LogP contribution < -0.4 is 0 Å². The number of carbonyl (C=O) groups is 1. The van der Waals surface area contributed by atoms with Crippen LogP contribution in [0.5, 0.6) is 0 Å². The van der Waals surface area contributed by atoms with E-state index in [1.165, 1.54) is 44.1 Å². The van der Waals surface area contributed by atoms with Crippen LogP contribution in [0.4, 0.5) is 0 Å². The maximum atomic E-state index is 11.6. The van der Waals surface area contributed by atoms with Crippen molar-refractivity contribution < 1.29 is 19.4 Å². The Kier molecular flexibility index (Phi) is 5.82. The number of rotatable bonds is 8. The average Bonchev–Trinajstić information content (AvgIpc) is 3.16. The highest BCUT2D eigenvalue weighted by molar-refractivity contribution is 5.66. The van der Waals surface area contributed by atoms with E-state index in [-0.39, 0.29) is 24.4 Å². The maximum absolute atomic E-state index is 11.6. The number of fused-ring (bicyclic) bond motifs is 2. The van der Waals surface area contributed by atoms with Crippen LogP contribution in [0.15, 0.2) is 16.7 Å². The molecule has 4 fully saturated rings. The van der Waals surface area contributed by atoms with Crippen LogP contribution in [0.2, 0.25) is 0 Å². The highest BCUT2D eigenvalue weighted by Crippen LogP contribution is 2.87. The molecule has 4 nitrogen and oxygen atoms in total. The second kappa shape index (κ2) is 8.11. The molecule has 1 aromatic heterocycles. The van der Waals surface area contributed by atoms with Gasteiger partial charge in [-0.3, -0.25) is 4.79 Å². The fourth-order valence-corrected chi connectivity index (χ4v) is 10.6. The van der Waals surface area contributed by atoms with Gasteiger partial charge in [0, 0.05) is 19.4 Å². The van der Waals surface area contributed by atoms with Gasteiger partial charge in [0.15, 0.2) is 0 Å². The van der Waals surface area contributed by atoms with Crippen molar-refractivity contribution in [2.75, 3.05) is 6.61 Å². The van der Waals surface area contributed by atoms with Crippen molar-refractivity contribution in [2.45, 2.75) is 98.8 Å². The molecule has 0 amide bonds. The van der Waals surface area contributed by atoms with Gasteiger partial charge in [-0.1, -0.05) is 27.7 Å². The van der Waals surface area contributed by atoms with Gasteiger partial charge in [-0.05, 0) is 121 Å². The topological polar surface area (TPSA) is 70.7 Å². The van der Waals surface area contributed by atoms with Gasteiger partial charge >= 0.3 is 5.97 Å². The molecule has 4 heteroatoms. The minimum absolute atomic E-state index is 0.135. The van der Waals surface area contributed by atoms with E-state index in [0.29, 0.717) is 39.9 Å². The van der Waals surface area contributed by atoms with Crippen LogP contribution in [0.3, 0.4) is 0 Å². The van der Waals surface area contributed by atoms with Gasteiger partial charge < -0.3 is 14.6 Å². The first-order valence-corrected chi connectivity index (χ1v) is 13.9. The quantitative estimate of drug-likeness (QED) is 0.434. The van der Waals surface area contributed by atoms with Crippen LogP contribution in [-0.4, -0.2) is 22.8 Å². The van der Waals surface area contributed by atoms with Crippen LogP contribution in [-0.2, 0) is 11.2 Å². The van der Waals surface area contributed by atoms with Crippen LogP contribution in [0.25, 0.3) is 0 Å². The molecule has 1 aromatic rings. The number of carboxylic acids is 1. The largest absolute Gasteiger partial charge is 0.481 e. The zero-order valence-electron chi connectivity index (χ0n) is 22.0. The first-order valence-electron chi connectivity index (χ1n) is 13.9. The minimum Gasteiger partial charge on any atom is -0.481 e. The Balaban J connectivity index is 1.42. The monoisotopic (exact) mass is 470 g/mol. The second-order valence-electron chi connectivity index (χ2n) is 13.5. The van der Waals surface area contributed by atoms with E-state index in [1.807, 2.05) is 6.26 Å². The Morgan fingerprint density at radius 1 is 1.09 bits per heavy atom. The third-order valence-corrected chi connectivity index (χ3v) is 12.4. The lowest BCUT2D eigenvalue weighted by atomic mass is 9.43. The zero-order valence-corrected chi connectivity index (χ0v) is 22.0. The number of hydrogen-bond donors (Lipinski definition) is 2. The SMILES string of the molecule is Cc1coc(C[C@@H](C)[C@H]2CC[C@@]3(C)[C@@H]4CC[C@@H]([C@H](C)CO)[C@@]5(CCC(=O)O)C[C@@]45CC[C@]23C)c1. The molecular formula is C30H46O4. The Morgan fingerprint density at radius 3 is 2.50 bits per heavy atom. The summed E-state index contributed by atoms with van der Waals surface area (Å²) in [5, 5.41) is 19.6. The molecule has 0 bridgehead atoms. The van der Waals surface area contributed by atoms with E-state index >= 15 is 0 Å². The van der Waals surface area contributed by atoms with Crippen molar-refractivity contribution >= 4 is 5.97 Å². The van der Waals surface area contributed by atoms with Crippen LogP contribution in [0, 0.1) is 58.2 Å². The van der Waals surface area contributed by atoms with Gasteiger partial charge in [-0.2, -0.15) is 0 Å².